The number of allylic oxidation sites excluding steroid dienone is 6. The number of phenolic OH excluding ortho intramolecular Hbond substituents is 1. The summed E-state index contributed by atoms with van der Waals surface area (Å²) in [6, 6.07) is 18.4. The molecule has 1 saturated heterocycles. The standard InChI is InChI=1S/C35H29NO5/c1-3-19-8-10-20(11-9-19)36-34(40)25-13-12-24-26(31(25)35(36)41)17-27-29(38)16-18(2)33(39)32(27)30(24)23-14-15-28(37)22-7-5-4-6-21(22)23/h4-12,14-16,25-26,30-31,37H,3,13,17H2,1-2H3/t25-,26+,30-,31-/m0/s1. The second-order valence-electron chi connectivity index (χ2n) is 11.5. The van der Waals surface area contributed by atoms with Gasteiger partial charge >= 0.3 is 0 Å². The van der Waals surface area contributed by atoms with Crippen molar-refractivity contribution in [2.75, 3.05) is 4.90 Å². The molecule has 2 amide bonds. The highest BCUT2D eigenvalue weighted by Gasteiger charge is 2.56. The van der Waals surface area contributed by atoms with Gasteiger partial charge in [0.05, 0.1) is 17.5 Å². The number of anilines is 1. The lowest BCUT2D eigenvalue weighted by molar-refractivity contribution is -0.123. The van der Waals surface area contributed by atoms with Crippen molar-refractivity contribution >= 4 is 39.8 Å². The number of phenols is 1. The molecule has 1 heterocycles. The van der Waals surface area contributed by atoms with Gasteiger partial charge in [-0.25, -0.2) is 0 Å². The summed E-state index contributed by atoms with van der Waals surface area (Å²) in [6.45, 7) is 3.71. The molecule has 204 valence electrons. The van der Waals surface area contributed by atoms with Gasteiger partial charge in [0.2, 0.25) is 11.8 Å². The van der Waals surface area contributed by atoms with Crippen molar-refractivity contribution in [1.29, 1.82) is 0 Å². The quantitative estimate of drug-likeness (QED) is 0.258. The molecule has 4 aliphatic rings. The number of aryl methyl sites for hydroxylation is 1. The van der Waals surface area contributed by atoms with E-state index < -0.39 is 23.7 Å². The van der Waals surface area contributed by atoms with Crippen molar-refractivity contribution in [3.8, 4) is 5.75 Å². The van der Waals surface area contributed by atoms with E-state index in [4.69, 9.17) is 0 Å². The van der Waals surface area contributed by atoms with Gasteiger partial charge in [0.25, 0.3) is 0 Å². The summed E-state index contributed by atoms with van der Waals surface area (Å²) in [5, 5.41) is 12.0. The highest BCUT2D eigenvalue weighted by molar-refractivity contribution is 6.25. The number of aromatic hydroxyl groups is 1. The summed E-state index contributed by atoms with van der Waals surface area (Å²) in [6.07, 6.45) is 4.91. The number of imide groups is 1. The Morgan fingerprint density at radius 1 is 0.878 bits per heavy atom. The van der Waals surface area contributed by atoms with Crippen LogP contribution in [-0.2, 0) is 25.6 Å². The topological polar surface area (TPSA) is 91.8 Å². The lowest BCUT2D eigenvalue weighted by Gasteiger charge is -2.42. The van der Waals surface area contributed by atoms with E-state index in [0.717, 1.165) is 28.5 Å². The molecule has 0 saturated carbocycles. The lowest BCUT2D eigenvalue weighted by atomic mass is 9.59. The minimum Gasteiger partial charge on any atom is -0.507 e. The van der Waals surface area contributed by atoms with Crippen molar-refractivity contribution in [2.24, 2.45) is 17.8 Å². The van der Waals surface area contributed by atoms with E-state index in [9.17, 15) is 24.3 Å². The molecule has 3 aromatic rings. The molecule has 6 heteroatoms. The van der Waals surface area contributed by atoms with E-state index in [2.05, 4.69) is 6.92 Å². The minimum absolute atomic E-state index is 0.132. The molecule has 41 heavy (non-hydrogen) atoms. The third-order valence-corrected chi connectivity index (χ3v) is 9.41. The molecule has 1 fully saturated rings. The van der Waals surface area contributed by atoms with Crippen LogP contribution in [0, 0.1) is 17.8 Å². The van der Waals surface area contributed by atoms with Crippen LogP contribution >= 0.6 is 0 Å². The molecule has 0 bridgehead atoms. The van der Waals surface area contributed by atoms with Gasteiger partial charge in [-0.3, -0.25) is 24.1 Å². The molecule has 3 aliphatic carbocycles. The average molecular weight is 544 g/mol. The monoisotopic (exact) mass is 543 g/mol. The SMILES string of the molecule is CCc1ccc(N2C(=O)[C@H]3[C@H](CC=C4[C@H](c5ccc(O)c6ccccc56)C5=C(C[C@H]43)C(=O)C=C(C)C5=O)C2=O)cc1. The summed E-state index contributed by atoms with van der Waals surface area (Å²) in [5.74, 6) is -2.82. The first kappa shape index (κ1) is 25.4. The van der Waals surface area contributed by atoms with Crippen LogP contribution < -0.4 is 4.90 Å². The van der Waals surface area contributed by atoms with Crippen LogP contribution in [0.25, 0.3) is 10.8 Å². The second-order valence-corrected chi connectivity index (χ2v) is 11.5. The Labute approximate surface area is 237 Å². The van der Waals surface area contributed by atoms with Gasteiger partial charge in [0.1, 0.15) is 5.75 Å². The number of fused-ring (bicyclic) bond motifs is 4. The van der Waals surface area contributed by atoms with E-state index in [1.165, 1.54) is 11.0 Å². The number of benzene rings is 3. The molecule has 0 unspecified atom stereocenters. The van der Waals surface area contributed by atoms with Crippen LogP contribution in [0.1, 0.15) is 43.7 Å². The smallest absolute Gasteiger partial charge is 0.238 e. The molecule has 4 atom stereocenters. The van der Waals surface area contributed by atoms with Crippen molar-refractivity contribution in [1.82, 2.24) is 0 Å². The van der Waals surface area contributed by atoms with E-state index in [-0.39, 0.29) is 35.6 Å². The highest BCUT2D eigenvalue weighted by atomic mass is 16.3. The highest BCUT2D eigenvalue weighted by Crippen LogP contribution is 2.56. The number of ketones is 2. The Balaban J connectivity index is 1.39. The van der Waals surface area contributed by atoms with Crippen molar-refractivity contribution in [3.63, 3.8) is 0 Å². The maximum atomic E-state index is 14.1. The van der Waals surface area contributed by atoms with Crippen LogP contribution in [0.3, 0.4) is 0 Å². The van der Waals surface area contributed by atoms with Crippen LogP contribution in [0.4, 0.5) is 5.69 Å². The second kappa shape index (κ2) is 9.23. The number of rotatable bonds is 3. The van der Waals surface area contributed by atoms with Gasteiger partial charge in [-0.05, 0) is 72.9 Å². The van der Waals surface area contributed by atoms with Crippen molar-refractivity contribution in [2.45, 2.75) is 39.0 Å². The summed E-state index contributed by atoms with van der Waals surface area (Å²) in [5.41, 5.74) is 4.66. The number of amides is 2. The molecule has 7 rings (SSSR count). The molecular weight excluding hydrogens is 514 g/mol. The summed E-state index contributed by atoms with van der Waals surface area (Å²) < 4.78 is 0. The number of hydrogen-bond donors (Lipinski definition) is 1. The maximum Gasteiger partial charge on any atom is 0.238 e. The summed E-state index contributed by atoms with van der Waals surface area (Å²) in [4.78, 5) is 56.2. The van der Waals surface area contributed by atoms with E-state index in [0.29, 0.717) is 34.2 Å². The van der Waals surface area contributed by atoms with Gasteiger partial charge in [-0.1, -0.05) is 61.0 Å². The van der Waals surface area contributed by atoms with Crippen LogP contribution in [0.5, 0.6) is 5.75 Å². The van der Waals surface area contributed by atoms with Crippen molar-refractivity contribution < 1.29 is 24.3 Å². The molecular formula is C35H29NO5. The summed E-state index contributed by atoms with van der Waals surface area (Å²) >= 11 is 0. The van der Waals surface area contributed by atoms with Crippen LogP contribution in [-0.4, -0.2) is 28.5 Å². The zero-order chi connectivity index (χ0) is 28.6. The fourth-order valence-electron chi connectivity index (χ4n) is 7.41. The molecule has 6 nitrogen and oxygen atoms in total. The fraction of sp³-hybridized carbons (Fsp3) is 0.257. The lowest BCUT2D eigenvalue weighted by Crippen LogP contribution is -2.39. The van der Waals surface area contributed by atoms with Gasteiger partial charge in [-0.2, -0.15) is 0 Å². The Kier molecular flexibility index (Phi) is 5.72. The third-order valence-electron chi connectivity index (χ3n) is 9.41. The van der Waals surface area contributed by atoms with Crippen molar-refractivity contribution in [3.05, 3.63) is 106 Å². The predicted molar refractivity (Wildman–Crippen MR) is 155 cm³/mol. The average Bonchev–Trinajstić information content (AvgIpc) is 3.25. The number of Topliss-reactive ketones (excluding diaryl/α,β-unsaturated/α-hetero) is 1. The van der Waals surface area contributed by atoms with Crippen LogP contribution in [0.15, 0.2) is 95.1 Å². The van der Waals surface area contributed by atoms with Crippen LogP contribution in [0.2, 0.25) is 0 Å². The van der Waals surface area contributed by atoms with E-state index >= 15 is 0 Å². The Hall–Kier alpha value is -4.58. The molecule has 0 radical (unpaired) electrons. The molecule has 0 aromatic heterocycles. The Morgan fingerprint density at radius 2 is 1.61 bits per heavy atom. The predicted octanol–water partition coefficient (Wildman–Crippen LogP) is 5.74. The largest absolute Gasteiger partial charge is 0.507 e. The normalized spacial score (nSPS) is 25.7. The van der Waals surface area contributed by atoms with Gasteiger partial charge < -0.3 is 5.11 Å². The molecule has 3 aromatic carbocycles. The van der Waals surface area contributed by atoms with Gasteiger partial charge in [0, 0.05) is 28.0 Å². The number of carbonyl (C=O) groups excluding carboxylic acids is 4. The number of carbonyl (C=O) groups is 4. The van der Waals surface area contributed by atoms with E-state index in [1.54, 1.807) is 13.0 Å². The summed E-state index contributed by atoms with van der Waals surface area (Å²) in [7, 11) is 0. The first-order valence-electron chi connectivity index (χ1n) is 14.2. The fourth-order valence-corrected chi connectivity index (χ4v) is 7.41. The van der Waals surface area contributed by atoms with Gasteiger partial charge in [0.15, 0.2) is 11.6 Å². The molecule has 1 N–H and O–H groups in total. The van der Waals surface area contributed by atoms with Gasteiger partial charge in [-0.15, -0.1) is 0 Å². The first-order valence-corrected chi connectivity index (χ1v) is 14.2. The zero-order valence-electron chi connectivity index (χ0n) is 22.9. The first-order chi connectivity index (χ1) is 19.8. The number of nitrogens with zero attached hydrogens (tertiary/aromatic N) is 1. The Morgan fingerprint density at radius 3 is 2.34 bits per heavy atom. The van der Waals surface area contributed by atoms with E-state index in [1.807, 2.05) is 60.7 Å². The minimum atomic E-state index is -0.622. The number of hydrogen-bond acceptors (Lipinski definition) is 5. The zero-order valence-corrected chi connectivity index (χ0v) is 22.9. The third kappa shape index (κ3) is 3.63. The Bertz CT molecular complexity index is 1790. The maximum absolute atomic E-state index is 14.1. The molecule has 1 aliphatic heterocycles. The molecule has 0 spiro atoms.